The first-order valence-electron chi connectivity index (χ1n) is 7.76. The van der Waals surface area contributed by atoms with Crippen LogP contribution in [0, 0.1) is 29.6 Å². The normalized spacial score (nSPS) is 44.6. The van der Waals surface area contributed by atoms with Crippen molar-refractivity contribution in [2.75, 3.05) is 6.54 Å². The third-order valence-corrected chi connectivity index (χ3v) is 6.38. The van der Waals surface area contributed by atoms with E-state index in [0.717, 1.165) is 36.5 Å². The molecule has 4 rings (SSSR count). The lowest BCUT2D eigenvalue weighted by molar-refractivity contribution is -0.125. The van der Waals surface area contributed by atoms with Crippen LogP contribution in [-0.4, -0.2) is 18.0 Å². The molecular weight excluding hydrogens is 260 g/mol. The lowest BCUT2D eigenvalue weighted by atomic mass is 9.96. The van der Waals surface area contributed by atoms with E-state index >= 15 is 0 Å². The molecule has 4 fully saturated rings. The topological polar surface area (TPSA) is 55.1 Å². The molecule has 4 heteroatoms. The number of hydrogen-bond acceptors (Lipinski definition) is 2. The van der Waals surface area contributed by atoms with Crippen molar-refractivity contribution in [3.05, 3.63) is 0 Å². The summed E-state index contributed by atoms with van der Waals surface area (Å²) in [6.07, 6.45) is 8.81. The third-order valence-electron chi connectivity index (χ3n) is 6.38. The van der Waals surface area contributed by atoms with E-state index in [1.54, 1.807) is 0 Å². The van der Waals surface area contributed by atoms with E-state index in [1.807, 2.05) is 0 Å². The minimum Gasteiger partial charge on any atom is -0.349 e. The second-order valence-corrected chi connectivity index (χ2v) is 7.19. The molecule has 0 aromatic carbocycles. The maximum Gasteiger partial charge on any atom is 0.224 e. The summed E-state index contributed by atoms with van der Waals surface area (Å²) in [5.74, 6) is 3.97. The van der Waals surface area contributed by atoms with Gasteiger partial charge in [0, 0.05) is 12.5 Å². The van der Waals surface area contributed by atoms with Crippen molar-refractivity contribution < 1.29 is 4.79 Å². The quantitative estimate of drug-likeness (QED) is 0.834. The summed E-state index contributed by atoms with van der Waals surface area (Å²) in [5.41, 5.74) is 5.86. The van der Waals surface area contributed by atoms with Gasteiger partial charge in [-0.25, -0.2) is 0 Å². The number of rotatable bonds is 3. The Bertz CT molecular complexity index is 364. The Balaban J connectivity index is 0.00000110. The first-order valence-corrected chi connectivity index (χ1v) is 7.76. The molecule has 4 aliphatic carbocycles. The Morgan fingerprint density at radius 3 is 2.26 bits per heavy atom. The lowest BCUT2D eigenvalue weighted by Crippen LogP contribution is -2.52. The molecule has 0 aromatic heterocycles. The van der Waals surface area contributed by atoms with Gasteiger partial charge in [0.25, 0.3) is 0 Å². The summed E-state index contributed by atoms with van der Waals surface area (Å²) in [6.45, 7) is 0.619. The fraction of sp³-hybridized carbons (Fsp3) is 0.933. The molecule has 0 heterocycles. The molecule has 4 aliphatic rings. The highest BCUT2D eigenvalue weighted by Crippen LogP contribution is 2.69. The standard InChI is InChI=1S/C15H24N2O.ClH/c16-8-15(5-1-2-6-15)17-14(18)13-11-9-3-4-10(7-9)12(11)13;/h9-13H,1-8,16H2,(H,17,18);1H. The highest BCUT2D eigenvalue weighted by molar-refractivity contribution is 5.85. The number of fused-ring (bicyclic) bond motifs is 5. The number of nitrogens with one attached hydrogen (secondary N) is 1. The Morgan fingerprint density at radius 1 is 1.16 bits per heavy atom. The predicted octanol–water partition coefficient (Wildman–Crippen LogP) is 2.09. The van der Waals surface area contributed by atoms with Crippen molar-refractivity contribution in [1.82, 2.24) is 5.32 Å². The fourth-order valence-electron chi connectivity index (χ4n) is 5.45. The van der Waals surface area contributed by atoms with E-state index in [-0.39, 0.29) is 17.9 Å². The summed E-state index contributed by atoms with van der Waals surface area (Å²) in [7, 11) is 0. The summed E-state index contributed by atoms with van der Waals surface area (Å²) in [4.78, 5) is 12.5. The zero-order valence-corrected chi connectivity index (χ0v) is 12.3. The molecule has 4 unspecified atom stereocenters. The summed E-state index contributed by atoms with van der Waals surface area (Å²) in [6, 6.07) is 0. The monoisotopic (exact) mass is 284 g/mol. The first kappa shape index (κ1) is 13.7. The molecule has 1 amide bonds. The average molecular weight is 285 g/mol. The molecule has 19 heavy (non-hydrogen) atoms. The van der Waals surface area contributed by atoms with Gasteiger partial charge >= 0.3 is 0 Å². The van der Waals surface area contributed by atoms with E-state index in [2.05, 4.69) is 5.32 Å². The molecule has 0 saturated heterocycles. The van der Waals surface area contributed by atoms with E-state index in [1.165, 1.54) is 32.1 Å². The highest BCUT2D eigenvalue weighted by atomic mass is 35.5. The van der Waals surface area contributed by atoms with Gasteiger partial charge in [-0.05, 0) is 55.8 Å². The van der Waals surface area contributed by atoms with Crippen LogP contribution in [0.5, 0.6) is 0 Å². The van der Waals surface area contributed by atoms with Crippen LogP contribution in [0.4, 0.5) is 0 Å². The molecule has 4 saturated carbocycles. The zero-order chi connectivity index (χ0) is 12.3. The van der Waals surface area contributed by atoms with Crippen LogP contribution in [0.25, 0.3) is 0 Å². The van der Waals surface area contributed by atoms with E-state index in [9.17, 15) is 4.79 Å². The second-order valence-electron chi connectivity index (χ2n) is 7.19. The number of amides is 1. The molecule has 0 spiro atoms. The smallest absolute Gasteiger partial charge is 0.224 e. The van der Waals surface area contributed by atoms with Crippen LogP contribution in [0.2, 0.25) is 0 Å². The Hall–Kier alpha value is -0.280. The number of carbonyl (C=O) groups is 1. The molecule has 2 bridgehead atoms. The van der Waals surface area contributed by atoms with Gasteiger partial charge in [-0.15, -0.1) is 12.4 Å². The predicted molar refractivity (Wildman–Crippen MR) is 76.9 cm³/mol. The molecule has 3 N–H and O–H groups in total. The minimum atomic E-state index is -0.0486. The molecule has 0 aliphatic heterocycles. The van der Waals surface area contributed by atoms with Gasteiger partial charge in [0.05, 0.1) is 5.54 Å². The molecule has 0 aromatic rings. The van der Waals surface area contributed by atoms with Gasteiger partial charge < -0.3 is 11.1 Å². The van der Waals surface area contributed by atoms with Gasteiger partial charge in [0.2, 0.25) is 5.91 Å². The maximum atomic E-state index is 12.5. The van der Waals surface area contributed by atoms with Crippen LogP contribution >= 0.6 is 12.4 Å². The Labute approximate surface area is 121 Å². The molecular formula is C15H25ClN2O. The van der Waals surface area contributed by atoms with E-state index < -0.39 is 0 Å². The van der Waals surface area contributed by atoms with Crippen molar-refractivity contribution in [3.63, 3.8) is 0 Å². The maximum absolute atomic E-state index is 12.5. The van der Waals surface area contributed by atoms with Gasteiger partial charge in [0.1, 0.15) is 0 Å². The van der Waals surface area contributed by atoms with Crippen molar-refractivity contribution in [2.24, 2.45) is 35.3 Å². The van der Waals surface area contributed by atoms with Gasteiger partial charge in [-0.3, -0.25) is 4.79 Å². The first-order chi connectivity index (χ1) is 8.74. The molecule has 4 atom stereocenters. The van der Waals surface area contributed by atoms with Crippen LogP contribution < -0.4 is 11.1 Å². The Morgan fingerprint density at radius 2 is 1.74 bits per heavy atom. The number of hydrogen-bond donors (Lipinski definition) is 2. The zero-order valence-electron chi connectivity index (χ0n) is 11.4. The largest absolute Gasteiger partial charge is 0.349 e. The number of halogens is 1. The summed E-state index contributed by atoms with van der Waals surface area (Å²) in [5, 5.41) is 3.34. The van der Waals surface area contributed by atoms with Crippen molar-refractivity contribution in [3.8, 4) is 0 Å². The van der Waals surface area contributed by atoms with Gasteiger partial charge in [0.15, 0.2) is 0 Å². The highest BCUT2D eigenvalue weighted by Gasteiger charge is 2.67. The third kappa shape index (κ3) is 1.92. The molecule has 0 radical (unpaired) electrons. The molecule has 108 valence electrons. The minimum absolute atomic E-state index is 0. The Kier molecular flexibility index (Phi) is 3.33. The van der Waals surface area contributed by atoms with Crippen LogP contribution in [0.15, 0.2) is 0 Å². The van der Waals surface area contributed by atoms with Gasteiger partial charge in [-0.2, -0.15) is 0 Å². The van der Waals surface area contributed by atoms with Crippen LogP contribution in [0.1, 0.15) is 44.9 Å². The molecule has 3 nitrogen and oxygen atoms in total. The summed E-state index contributed by atoms with van der Waals surface area (Å²) >= 11 is 0. The van der Waals surface area contributed by atoms with E-state index in [4.69, 9.17) is 5.73 Å². The van der Waals surface area contributed by atoms with Crippen molar-refractivity contribution in [2.45, 2.75) is 50.5 Å². The van der Waals surface area contributed by atoms with E-state index in [0.29, 0.717) is 18.4 Å². The lowest BCUT2D eigenvalue weighted by Gasteiger charge is -2.29. The van der Waals surface area contributed by atoms with Crippen LogP contribution in [0.3, 0.4) is 0 Å². The van der Waals surface area contributed by atoms with Gasteiger partial charge in [-0.1, -0.05) is 12.8 Å². The SMILES string of the molecule is Cl.NCC1(NC(=O)C2C3C4CCC(C4)C23)CCCC1. The number of nitrogens with two attached hydrogens (primary N) is 1. The number of carbonyl (C=O) groups excluding carboxylic acids is 1. The second kappa shape index (κ2) is 4.63. The van der Waals surface area contributed by atoms with Crippen molar-refractivity contribution >= 4 is 18.3 Å². The summed E-state index contributed by atoms with van der Waals surface area (Å²) < 4.78 is 0. The van der Waals surface area contributed by atoms with Crippen molar-refractivity contribution in [1.29, 1.82) is 0 Å². The van der Waals surface area contributed by atoms with Crippen LogP contribution in [-0.2, 0) is 4.79 Å². The average Bonchev–Trinajstić information content (AvgIpc) is 2.75. The fourth-order valence-corrected chi connectivity index (χ4v) is 5.45.